The lowest BCUT2D eigenvalue weighted by Crippen LogP contribution is -2.32. The number of hydrogen-bond donors (Lipinski definition) is 2. The Morgan fingerprint density at radius 2 is 2.00 bits per heavy atom. The molecule has 3 aromatic rings. The number of aromatic amines is 1. The van der Waals surface area contributed by atoms with Crippen LogP contribution in [0.25, 0.3) is 0 Å². The number of amides is 1. The second kappa shape index (κ2) is 9.24. The Hall–Kier alpha value is -2.05. The van der Waals surface area contributed by atoms with Gasteiger partial charge in [-0.05, 0) is 29.9 Å². The summed E-state index contributed by atoms with van der Waals surface area (Å²) in [6, 6.07) is 14.5. The third-order valence-corrected chi connectivity index (χ3v) is 6.18. The van der Waals surface area contributed by atoms with Gasteiger partial charge in [-0.3, -0.25) is 4.79 Å². The zero-order valence-corrected chi connectivity index (χ0v) is 17.5. The van der Waals surface area contributed by atoms with Crippen molar-refractivity contribution in [3.63, 3.8) is 0 Å². The van der Waals surface area contributed by atoms with Crippen LogP contribution in [0.15, 0.2) is 53.0 Å². The number of nitrogens with one attached hydrogen (secondary N) is 2. The van der Waals surface area contributed by atoms with Gasteiger partial charge in [0.15, 0.2) is 5.16 Å². The molecule has 0 bridgehead atoms. The van der Waals surface area contributed by atoms with Crippen LogP contribution in [0.1, 0.15) is 41.7 Å². The fourth-order valence-corrected chi connectivity index (χ4v) is 4.58. The molecule has 3 rings (SSSR count). The average Bonchev–Trinajstić information content (AvgIpc) is 3.29. The maximum absolute atomic E-state index is 12.4. The zero-order chi connectivity index (χ0) is 19.2. The van der Waals surface area contributed by atoms with Gasteiger partial charge in [-0.15, -0.1) is 11.3 Å². The first kappa shape index (κ1) is 19.7. The highest BCUT2D eigenvalue weighted by Gasteiger charge is 2.19. The number of thioether (sulfide) groups is 1. The average molecular weight is 400 g/mol. The predicted octanol–water partition coefficient (Wildman–Crippen LogP) is 4.98. The van der Waals surface area contributed by atoms with Crippen LogP contribution in [0.2, 0.25) is 0 Å². The molecular weight excluding hydrogens is 374 g/mol. The highest BCUT2D eigenvalue weighted by Crippen LogP contribution is 2.26. The number of aryl methyl sites for hydroxylation is 1. The summed E-state index contributed by atoms with van der Waals surface area (Å²) in [6.07, 6.45) is 0.795. The Balaban J connectivity index is 1.56. The van der Waals surface area contributed by atoms with Gasteiger partial charge in [-0.25, -0.2) is 4.98 Å². The van der Waals surface area contributed by atoms with Crippen molar-refractivity contribution in [2.24, 2.45) is 5.92 Å². The highest BCUT2D eigenvalue weighted by molar-refractivity contribution is 7.99. The number of H-pyrrole nitrogens is 1. The fraction of sp³-hybridized carbons (Fsp3) is 0.333. The van der Waals surface area contributed by atoms with Gasteiger partial charge in [0, 0.05) is 17.0 Å². The van der Waals surface area contributed by atoms with E-state index < -0.39 is 0 Å². The fourth-order valence-electron chi connectivity index (χ4n) is 2.88. The highest BCUT2D eigenvalue weighted by atomic mass is 32.2. The Bertz CT molecular complexity index is 857. The molecule has 0 fully saturated rings. The molecule has 0 aliphatic rings. The zero-order valence-electron chi connectivity index (χ0n) is 15.9. The van der Waals surface area contributed by atoms with E-state index in [2.05, 4.69) is 47.3 Å². The topological polar surface area (TPSA) is 57.8 Å². The molecular formula is C21H25N3OS2. The number of carbonyl (C=O) groups excluding carboxylic acids is 1. The van der Waals surface area contributed by atoms with Crippen molar-refractivity contribution in [2.45, 2.75) is 38.4 Å². The van der Waals surface area contributed by atoms with Crippen LogP contribution in [0.3, 0.4) is 0 Å². The van der Waals surface area contributed by atoms with E-state index in [1.807, 2.05) is 36.6 Å². The van der Waals surface area contributed by atoms with Gasteiger partial charge in [0.1, 0.15) is 0 Å². The number of carbonyl (C=O) groups is 1. The van der Waals surface area contributed by atoms with Gasteiger partial charge in [-0.2, -0.15) is 0 Å². The predicted molar refractivity (Wildman–Crippen MR) is 113 cm³/mol. The molecule has 142 valence electrons. The monoisotopic (exact) mass is 399 g/mol. The molecule has 0 saturated heterocycles. The summed E-state index contributed by atoms with van der Waals surface area (Å²) in [6.45, 7) is 6.29. The summed E-state index contributed by atoms with van der Waals surface area (Å²) < 4.78 is 0. The Kier molecular flexibility index (Phi) is 6.74. The Morgan fingerprint density at radius 3 is 2.67 bits per heavy atom. The first-order chi connectivity index (χ1) is 13.0. The molecule has 1 atom stereocenters. The normalized spacial score (nSPS) is 12.3. The number of imidazole rings is 1. The molecule has 0 saturated carbocycles. The Labute approximate surface area is 168 Å². The molecule has 4 nitrogen and oxygen atoms in total. The molecule has 27 heavy (non-hydrogen) atoms. The number of rotatable bonds is 8. The minimum absolute atomic E-state index is 0.0331. The van der Waals surface area contributed by atoms with Crippen molar-refractivity contribution in [3.8, 4) is 0 Å². The van der Waals surface area contributed by atoms with E-state index in [1.165, 1.54) is 22.2 Å². The molecule has 1 amide bonds. The molecule has 2 aromatic heterocycles. The molecule has 6 heteroatoms. The van der Waals surface area contributed by atoms with E-state index in [-0.39, 0.29) is 11.9 Å². The van der Waals surface area contributed by atoms with Crippen LogP contribution in [0.4, 0.5) is 0 Å². The van der Waals surface area contributed by atoms with Crippen LogP contribution in [-0.2, 0) is 11.2 Å². The SMILES string of the molecule is Cc1[nH]c(SCC(=O)N[C@@H](c2cccs2)C(C)C)nc1Cc1ccccc1. The summed E-state index contributed by atoms with van der Waals surface area (Å²) in [5.74, 6) is 0.735. The molecule has 0 unspecified atom stereocenters. The van der Waals surface area contributed by atoms with E-state index in [9.17, 15) is 4.79 Å². The van der Waals surface area contributed by atoms with Crippen LogP contribution >= 0.6 is 23.1 Å². The van der Waals surface area contributed by atoms with Gasteiger partial charge in [-0.1, -0.05) is 62.0 Å². The minimum Gasteiger partial charge on any atom is -0.347 e. The van der Waals surface area contributed by atoms with Crippen molar-refractivity contribution in [2.75, 3.05) is 5.75 Å². The largest absolute Gasteiger partial charge is 0.347 e. The van der Waals surface area contributed by atoms with E-state index in [0.717, 1.165) is 23.0 Å². The molecule has 2 N–H and O–H groups in total. The molecule has 0 spiro atoms. The van der Waals surface area contributed by atoms with E-state index in [0.29, 0.717) is 11.7 Å². The molecule has 0 radical (unpaired) electrons. The van der Waals surface area contributed by atoms with Crippen LogP contribution in [0, 0.1) is 12.8 Å². The number of nitrogens with zero attached hydrogens (tertiary/aromatic N) is 1. The molecule has 1 aromatic carbocycles. The van der Waals surface area contributed by atoms with Crippen LogP contribution in [0.5, 0.6) is 0 Å². The summed E-state index contributed by atoms with van der Waals surface area (Å²) in [5.41, 5.74) is 3.32. The standard InChI is InChI=1S/C21H25N3OS2/c1-14(2)20(18-10-7-11-26-18)24-19(25)13-27-21-22-15(3)17(23-21)12-16-8-5-4-6-9-16/h4-11,14,20H,12-13H2,1-3H3,(H,22,23)(H,24,25)/t20-/m1/s1. The summed E-state index contributed by atoms with van der Waals surface area (Å²) >= 11 is 3.13. The number of aromatic nitrogens is 2. The maximum Gasteiger partial charge on any atom is 0.230 e. The molecule has 0 aliphatic carbocycles. The van der Waals surface area contributed by atoms with E-state index in [4.69, 9.17) is 0 Å². The van der Waals surface area contributed by atoms with Gasteiger partial charge in [0.25, 0.3) is 0 Å². The second-order valence-corrected chi connectivity index (χ2v) is 8.81. The third-order valence-electron chi connectivity index (χ3n) is 4.35. The van der Waals surface area contributed by atoms with Crippen molar-refractivity contribution in [1.29, 1.82) is 0 Å². The van der Waals surface area contributed by atoms with Crippen molar-refractivity contribution >= 4 is 29.0 Å². The molecule has 0 aliphatic heterocycles. The number of thiophene rings is 1. The number of benzene rings is 1. The van der Waals surface area contributed by atoms with Crippen molar-refractivity contribution in [3.05, 3.63) is 69.7 Å². The van der Waals surface area contributed by atoms with Crippen LogP contribution < -0.4 is 5.32 Å². The first-order valence-corrected chi connectivity index (χ1v) is 10.9. The first-order valence-electron chi connectivity index (χ1n) is 9.08. The lowest BCUT2D eigenvalue weighted by atomic mass is 10.0. The van der Waals surface area contributed by atoms with E-state index >= 15 is 0 Å². The lowest BCUT2D eigenvalue weighted by molar-refractivity contribution is -0.119. The quantitative estimate of drug-likeness (QED) is 0.526. The van der Waals surface area contributed by atoms with Crippen molar-refractivity contribution in [1.82, 2.24) is 15.3 Å². The van der Waals surface area contributed by atoms with E-state index in [1.54, 1.807) is 11.3 Å². The second-order valence-electron chi connectivity index (χ2n) is 6.87. The van der Waals surface area contributed by atoms with Gasteiger partial charge in [0.2, 0.25) is 5.91 Å². The third kappa shape index (κ3) is 5.47. The maximum atomic E-state index is 12.4. The van der Waals surface area contributed by atoms with Crippen LogP contribution in [-0.4, -0.2) is 21.6 Å². The molecule has 2 heterocycles. The smallest absolute Gasteiger partial charge is 0.230 e. The summed E-state index contributed by atoms with van der Waals surface area (Å²) in [4.78, 5) is 21.6. The van der Waals surface area contributed by atoms with Gasteiger partial charge >= 0.3 is 0 Å². The summed E-state index contributed by atoms with van der Waals surface area (Å²) in [7, 11) is 0. The minimum atomic E-state index is 0.0331. The Morgan fingerprint density at radius 1 is 1.22 bits per heavy atom. The summed E-state index contributed by atoms with van der Waals surface area (Å²) in [5, 5.41) is 6.00. The lowest BCUT2D eigenvalue weighted by Gasteiger charge is -2.21. The van der Waals surface area contributed by atoms with Crippen molar-refractivity contribution < 1.29 is 4.79 Å². The number of hydrogen-bond acceptors (Lipinski definition) is 4. The van der Waals surface area contributed by atoms with Gasteiger partial charge < -0.3 is 10.3 Å². The van der Waals surface area contributed by atoms with Gasteiger partial charge in [0.05, 0.1) is 17.5 Å².